The fourth-order valence-electron chi connectivity index (χ4n) is 0.702. The Hall–Kier alpha value is -1.63. The molecule has 0 fully saturated rings. The summed E-state index contributed by atoms with van der Waals surface area (Å²) in [6.07, 6.45) is -2.51. The minimum absolute atomic E-state index is 1.26. The van der Waals surface area contributed by atoms with Crippen LogP contribution < -0.4 is 0 Å². The molecule has 0 aromatic rings. The third-order valence-corrected chi connectivity index (χ3v) is 1.26. The normalized spacial score (nSPS) is 10.8. The van der Waals surface area contributed by atoms with E-state index in [1.54, 1.807) is 0 Å². The number of hydrogen-bond acceptors (Lipinski definition) is 3. The van der Waals surface area contributed by atoms with Crippen LogP contribution in [0.15, 0.2) is 0 Å². The molecule has 0 aliphatic heterocycles. The van der Waals surface area contributed by atoms with Crippen molar-refractivity contribution >= 4 is 17.9 Å². The van der Waals surface area contributed by atoms with Crippen molar-refractivity contribution in [2.45, 2.75) is 18.4 Å². The van der Waals surface area contributed by atoms with Gasteiger partial charge < -0.3 is 15.3 Å². The molecule has 0 unspecified atom stereocenters. The molecule has 0 atom stereocenters. The van der Waals surface area contributed by atoms with Gasteiger partial charge in [0.1, 0.15) is 0 Å². The van der Waals surface area contributed by atoms with Gasteiger partial charge in [0.15, 0.2) is 0 Å². The van der Waals surface area contributed by atoms with Crippen LogP contribution in [-0.4, -0.2) is 38.8 Å². The molecule has 7 heteroatoms. The molecule has 0 rings (SSSR count). The van der Waals surface area contributed by atoms with Crippen LogP contribution in [0, 0.1) is 0 Å². The molecule has 0 aliphatic carbocycles. The first-order chi connectivity index (χ1) is 5.78. The van der Waals surface area contributed by atoms with Crippen molar-refractivity contribution in [3.8, 4) is 0 Å². The van der Waals surface area contributed by atoms with Crippen LogP contribution in [-0.2, 0) is 19.5 Å². The van der Waals surface area contributed by atoms with Crippen LogP contribution in [0.2, 0.25) is 0 Å². The maximum Gasteiger partial charge on any atom is 0.340 e. The molecule has 7 nitrogen and oxygen atoms in total. The van der Waals surface area contributed by atoms with Gasteiger partial charge in [-0.3, -0.25) is 9.59 Å². The van der Waals surface area contributed by atoms with Crippen LogP contribution in [0.3, 0.4) is 0 Å². The van der Waals surface area contributed by atoms with Gasteiger partial charge in [0.2, 0.25) is 5.60 Å². The van der Waals surface area contributed by atoms with E-state index in [9.17, 15) is 19.5 Å². The van der Waals surface area contributed by atoms with Crippen LogP contribution >= 0.6 is 0 Å². The first-order valence-electron chi connectivity index (χ1n) is 3.15. The zero-order valence-corrected chi connectivity index (χ0v) is 6.39. The summed E-state index contributed by atoms with van der Waals surface area (Å²) in [4.78, 5) is 30.3. The summed E-state index contributed by atoms with van der Waals surface area (Å²) >= 11 is 0. The summed E-state index contributed by atoms with van der Waals surface area (Å²) in [5, 5.41) is 35.7. The highest BCUT2D eigenvalue weighted by Gasteiger charge is 2.43. The van der Waals surface area contributed by atoms with E-state index in [0.717, 1.165) is 0 Å². The first-order valence-corrected chi connectivity index (χ1v) is 3.15. The maximum atomic E-state index is 11.1. The minimum atomic E-state index is -2.99. The zero-order valence-electron chi connectivity index (χ0n) is 6.39. The zero-order chi connectivity index (χ0) is 10.6. The average molecular weight is 191 g/mol. The van der Waals surface area contributed by atoms with Gasteiger partial charge in [0.05, 0.1) is 12.8 Å². The summed E-state index contributed by atoms with van der Waals surface area (Å²) in [6.45, 7) is 0. The number of carboxylic acid groups (broad SMARTS) is 3. The Bertz CT molecular complexity index is 227. The van der Waals surface area contributed by atoms with E-state index in [4.69, 9.17) is 15.3 Å². The maximum absolute atomic E-state index is 11.1. The van der Waals surface area contributed by atoms with Crippen LogP contribution in [0.1, 0.15) is 12.8 Å². The number of rotatable bonds is 5. The third kappa shape index (κ3) is 3.52. The Morgan fingerprint density at radius 3 is 1.38 bits per heavy atom. The molecular formula is C6H7O7. The molecule has 0 amide bonds. The molecule has 13 heavy (non-hydrogen) atoms. The molecule has 0 spiro atoms. The van der Waals surface area contributed by atoms with Gasteiger partial charge in [-0.2, -0.15) is 0 Å². The van der Waals surface area contributed by atoms with Gasteiger partial charge in [-0.1, -0.05) is 0 Å². The molecule has 0 aliphatic rings. The Balaban J connectivity index is 4.62. The lowest BCUT2D eigenvalue weighted by Gasteiger charge is -2.15. The van der Waals surface area contributed by atoms with Crippen molar-refractivity contribution in [2.75, 3.05) is 0 Å². The Morgan fingerprint density at radius 2 is 1.23 bits per heavy atom. The highest BCUT2D eigenvalue weighted by molar-refractivity contribution is 5.87. The number of hydrogen-bond donors (Lipinski definition) is 3. The lowest BCUT2D eigenvalue weighted by molar-refractivity contribution is -0.178. The lowest BCUT2D eigenvalue weighted by Crippen LogP contribution is -2.41. The largest absolute Gasteiger partial charge is 0.481 e. The monoisotopic (exact) mass is 191 g/mol. The van der Waals surface area contributed by atoms with Gasteiger partial charge >= 0.3 is 17.9 Å². The van der Waals surface area contributed by atoms with Crippen molar-refractivity contribution in [1.82, 2.24) is 0 Å². The summed E-state index contributed by atoms with van der Waals surface area (Å²) in [6, 6.07) is 0. The van der Waals surface area contributed by atoms with Crippen molar-refractivity contribution < 1.29 is 34.8 Å². The molecular weight excluding hydrogens is 184 g/mol. The van der Waals surface area contributed by atoms with Crippen LogP contribution in [0.5, 0.6) is 0 Å². The smallest absolute Gasteiger partial charge is 0.340 e. The summed E-state index contributed by atoms with van der Waals surface area (Å²) < 4.78 is 0. The standard InChI is InChI=1S/C6H7O7/c7-3(8)1-6(13,5(11)12)2-4(9)10/h1-2H2,(H,7,8)(H,9,10)(H,11,12). The molecule has 0 aromatic heterocycles. The fourth-order valence-corrected chi connectivity index (χ4v) is 0.702. The Morgan fingerprint density at radius 1 is 0.923 bits per heavy atom. The molecule has 3 N–H and O–H groups in total. The molecule has 0 bridgehead atoms. The number of carboxylic acids is 3. The molecule has 0 saturated carbocycles. The lowest BCUT2D eigenvalue weighted by atomic mass is 9.96. The van der Waals surface area contributed by atoms with Crippen molar-refractivity contribution in [3.63, 3.8) is 0 Å². The van der Waals surface area contributed by atoms with Gasteiger partial charge in [-0.05, 0) is 0 Å². The molecule has 0 heterocycles. The van der Waals surface area contributed by atoms with E-state index in [1.165, 1.54) is 0 Å². The predicted molar refractivity (Wildman–Crippen MR) is 35.6 cm³/mol. The quantitative estimate of drug-likeness (QED) is 0.520. The van der Waals surface area contributed by atoms with E-state index in [2.05, 4.69) is 0 Å². The third-order valence-electron chi connectivity index (χ3n) is 1.26. The van der Waals surface area contributed by atoms with Gasteiger partial charge in [0, 0.05) is 0 Å². The summed E-state index contributed by atoms with van der Waals surface area (Å²) in [7, 11) is 0. The van der Waals surface area contributed by atoms with E-state index in [1.807, 2.05) is 0 Å². The molecule has 0 aromatic carbocycles. The van der Waals surface area contributed by atoms with Crippen LogP contribution in [0.4, 0.5) is 0 Å². The second-order valence-electron chi connectivity index (χ2n) is 2.44. The highest BCUT2D eigenvalue weighted by Crippen LogP contribution is 2.16. The predicted octanol–water partition coefficient (Wildman–Crippen LogP) is -0.810. The molecule has 0 saturated heterocycles. The van der Waals surface area contributed by atoms with Crippen molar-refractivity contribution in [3.05, 3.63) is 0 Å². The fraction of sp³-hybridized carbons (Fsp3) is 0.500. The van der Waals surface area contributed by atoms with Gasteiger partial charge in [-0.15, -0.1) is 0 Å². The van der Waals surface area contributed by atoms with E-state index < -0.39 is 36.4 Å². The van der Waals surface area contributed by atoms with Crippen molar-refractivity contribution in [1.29, 1.82) is 0 Å². The topological polar surface area (TPSA) is 132 Å². The SMILES string of the molecule is [O]C(CC(=O)O)(CC(=O)O)C(=O)O. The van der Waals surface area contributed by atoms with Gasteiger partial charge in [-0.25, -0.2) is 9.90 Å². The van der Waals surface area contributed by atoms with Crippen LogP contribution in [0.25, 0.3) is 0 Å². The summed E-state index contributed by atoms with van der Waals surface area (Å²) in [5.41, 5.74) is -2.99. The molecule has 73 valence electrons. The van der Waals surface area contributed by atoms with Crippen molar-refractivity contribution in [2.24, 2.45) is 0 Å². The van der Waals surface area contributed by atoms with E-state index in [-0.39, 0.29) is 0 Å². The van der Waals surface area contributed by atoms with E-state index >= 15 is 0 Å². The second-order valence-corrected chi connectivity index (χ2v) is 2.44. The number of carbonyl (C=O) groups is 3. The Kier molecular flexibility index (Phi) is 3.37. The second kappa shape index (κ2) is 3.85. The first kappa shape index (κ1) is 11.4. The number of aliphatic carboxylic acids is 3. The highest BCUT2D eigenvalue weighted by atomic mass is 16.4. The molecule has 1 radical (unpaired) electrons. The minimum Gasteiger partial charge on any atom is -0.481 e. The average Bonchev–Trinajstić information content (AvgIpc) is 1.82. The van der Waals surface area contributed by atoms with E-state index in [0.29, 0.717) is 0 Å². The Labute approximate surface area is 72.2 Å². The summed E-state index contributed by atoms with van der Waals surface area (Å²) in [5.74, 6) is -5.25. The van der Waals surface area contributed by atoms with Gasteiger partial charge in [0.25, 0.3) is 0 Å².